The van der Waals surface area contributed by atoms with Gasteiger partial charge in [-0.25, -0.2) is 14.8 Å². The number of ether oxygens (including phenoxy) is 1. The summed E-state index contributed by atoms with van der Waals surface area (Å²) in [5, 5.41) is 5.23. The molecular weight excluding hydrogens is 406 g/mol. The molecule has 0 radical (unpaired) electrons. The maximum atomic E-state index is 12.6. The summed E-state index contributed by atoms with van der Waals surface area (Å²) in [6.45, 7) is 2.10. The summed E-state index contributed by atoms with van der Waals surface area (Å²) in [5.41, 5.74) is 2.43. The van der Waals surface area contributed by atoms with Gasteiger partial charge in [-0.2, -0.15) is 0 Å². The van der Waals surface area contributed by atoms with Crippen LogP contribution < -0.4 is 5.32 Å². The van der Waals surface area contributed by atoms with E-state index < -0.39 is 0 Å². The molecule has 0 saturated heterocycles. The van der Waals surface area contributed by atoms with Crippen LogP contribution >= 0.6 is 23.1 Å². The van der Waals surface area contributed by atoms with Gasteiger partial charge in [0.15, 0.2) is 0 Å². The number of thioether (sulfide) groups is 1. The highest BCUT2D eigenvalue weighted by molar-refractivity contribution is 8.00. The van der Waals surface area contributed by atoms with Crippen LogP contribution in [0, 0.1) is 0 Å². The SMILES string of the molecule is CCOC(=O)c1c(NC(=O)CSc2ncnc3ccccc23)sc2c1CCCC2. The number of carbonyl (C=O) groups is 2. The molecule has 1 amide bonds. The summed E-state index contributed by atoms with van der Waals surface area (Å²) in [5.74, 6) is -0.315. The van der Waals surface area contributed by atoms with Crippen molar-refractivity contribution in [3.63, 3.8) is 0 Å². The molecule has 1 N–H and O–H groups in total. The lowest BCUT2D eigenvalue weighted by Crippen LogP contribution is -2.17. The number of anilines is 1. The Kier molecular flexibility index (Phi) is 6.10. The molecule has 1 aliphatic carbocycles. The molecular formula is C21H21N3O3S2. The summed E-state index contributed by atoms with van der Waals surface area (Å²) in [6, 6.07) is 7.72. The van der Waals surface area contributed by atoms with E-state index in [1.165, 1.54) is 34.3 Å². The van der Waals surface area contributed by atoms with Crippen molar-refractivity contribution in [2.75, 3.05) is 17.7 Å². The largest absolute Gasteiger partial charge is 0.462 e. The van der Waals surface area contributed by atoms with Gasteiger partial charge in [-0.15, -0.1) is 11.3 Å². The van der Waals surface area contributed by atoms with E-state index in [2.05, 4.69) is 15.3 Å². The van der Waals surface area contributed by atoms with Gasteiger partial charge in [-0.1, -0.05) is 30.0 Å². The van der Waals surface area contributed by atoms with Crippen molar-refractivity contribution >= 4 is 50.9 Å². The molecule has 2 aromatic heterocycles. The highest BCUT2D eigenvalue weighted by Crippen LogP contribution is 2.38. The van der Waals surface area contributed by atoms with Crippen LogP contribution in [0.2, 0.25) is 0 Å². The standard InChI is InChI=1S/C21H21N3O3S2/c1-2-27-21(26)18-14-8-4-6-10-16(14)29-20(18)24-17(25)11-28-19-13-7-3-5-9-15(13)22-12-23-19/h3,5,7,9,12H,2,4,6,8,10-11H2,1H3,(H,24,25). The molecule has 0 atom stereocenters. The Morgan fingerprint density at radius 2 is 2.03 bits per heavy atom. The second-order valence-corrected chi connectivity index (χ2v) is 8.74. The lowest BCUT2D eigenvalue weighted by Gasteiger charge is -2.12. The smallest absolute Gasteiger partial charge is 0.341 e. The first kappa shape index (κ1) is 19.8. The molecule has 0 bridgehead atoms. The van der Waals surface area contributed by atoms with Crippen LogP contribution in [0.25, 0.3) is 10.9 Å². The third-order valence-electron chi connectivity index (χ3n) is 4.75. The third-order valence-corrected chi connectivity index (χ3v) is 6.96. The van der Waals surface area contributed by atoms with Gasteiger partial charge in [0.25, 0.3) is 0 Å². The summed E-state index contributed by atoms with van der Waals surface area (Å²) >= 11 is 2.86. The first-order valence-electron chi connectivity index (χ1n) is 9.61. The lowest BCUT2D eigenvalue weighted by atomic mass is 9.95. The van der Waals surface area contributed by atoms with Crippen LogP contribution in [0.4, 0.5) is 5.00 Å². The van der Waals surface area contributed by atoms with Crippen molar-refractivity contribution in [2.45, 2.75) is 37.6 Å². The van der Waals surface area contributed by atoms with Crippen LogP contribution in [0.15, 0.2) is 35.6 Å². The molecule has 6 nitrogen and oxygen atoms in total. The number of fused-ring (bicyclic) bond motifs is 2. The number of hydrogen-bond acceptors (Lipinski definition) is 7. The lowest BCUT2D eigenvalue weighted by molar-refractivity contribution is -0.113. The van der Waals surface area contributed by atoms with E-state index in [1.54, 1.807) is 6.92 Å². The Morgan fingerprint density at radius 3 is 2.90 bits per heavy atom. The fourth-order valence-electron chi connectivity index (χ4n) is 3.46. The number of esters is 1. The molecule has 1 aliphatic rings. The number of thiophene rings is 1. The predicted molar refractivity (Wildman–Crippen MR) is 116 cm³/mol. The number of rotatable bonds is 6. The van der Waals surface area contributed by atoms with Crippen LogP contribution in [-0.2, 0) is 22.4 Å². The minimum absolute atomic E-state index is 0.165. The fourth-order valence-corrected chi connectivity index (χ4v) is 5.55. The van der Waals surface area contributed by atoms with E-state index in [0.717, 1.165) is 47.2 Å². The van der Waals surface area contributed by atoms with Crippen molar-refractivity contribution in [1.82, 2.24) is 9.97 Å². The van der Waals surface area contributed by atoms with Crippen LogP contribution in [-0.4, -0.2) is 34.2 Å². The van der Waals surface area contributed by atoms with Crippen LogP contribution in [0.1, 0.15) is 40.6 Å². The number of aromatic nitrogens is 2. The average molecular weight is 428 g/mol. The molecule has 3 aromatic rings. The topological polar surface area (TPSA) is 81.2 Å². The van der Waals surface area contributed by atoms with E-state index in [0.29, 0.717) is 17.2 Å². The maximum Gasteiger partial charge on any atom is 0.341 e. The first-order valence-corrected chi connectivity index (χ1v) is 11.4. The Bertz CT molecular complexity index is 1060. The molecule has 0 spiro atoms. The van der Waals surface area contributed by atoms with Crippen molar-refractivity contribution in [1.29, 1.82) is 0 Å². The molecule has 0 aliphatic heterocycles. The summed E-state index contributed by atoms with van der Waals surface area (Å²) in [7, 11) is 0. The van der Waals surface area contributed by atoms with Crippen LogP contribution in [0.5, 0.6) is 0 Å². The van der Waals surface area contributed by atoms with Crippen molar-refractivity contribution in [3.8, 4) is 0 Å². The van der Waals surface area contributed by atoms with Gasteiger partial charge < -0.3 is 10.1 Å². The predicted octanol–water partition coefficient (Wildman–Crippen LogP) is 4.48. The highest BCUT2D eigenvalue weighted by atomic mass is 32.2. The van der Waals surface area contributed by atoms with Crippen LogP contribution in [0.3, 0.4) is 0 Å². The molecule has 8 heteroatoms. The molecule has 0 fully saturated rings. The van der Waals surface area contributed by atoms with E-state index in [9.17, 15) is 9.59 Å². The molecule has 29 heavy (non-hydrogen) atoms. The first-order chi connectivity index (χ1) is 14.2. The zero-order valence-electron chi connectivity index (χ0n) is 16.1. The van der Waals surface area contributed by atoms with E-state index in [-0.39, 0.29) is 17.6 Å². The van der Waals surface area contributed by atoms with Gasteiger partial charge in [0.2, 0.25) is 5.91 Å². The molecule has 4 rings (SSSR count). The summed E-state index contributed by atoms with van der Waals surface area (Å²) in [6.07, 6.45) is 5.48. The van der Waals surface area contributed by atoms with E-state index in [1.807, 2.05) is 24.3 Å². The van der Waals surface area contributed by atoms with Gasteiger partial charge in [0.1, 0.15) is 16.4 Å². The summed E-state index contributed by atoms with van der Waals surface area (Å²) < 4.78 is 5.25. The number of hydrogen-bond donors (Lipinski definition) is 1. The van der Waals surface area contributed by atoms with Crippen molar-refractivity contribution in [3.05, 3.63) is 46.6 Å². The van der Waals surface area contributed by atoms with Gasteiger partial charge in [-0.3, -0.25) is 4.79 Å². The number of nitrogens with one attached hydrogen (secondary N) is 1. The fraction of sp³-hybridized carbons (Fsp3) is 0.333. The molecule has 2 heterocycles. The number of para-hydroxylation sites is 1. The Labute approximate surface area is 177 Å². The molecule has 0 unspecified atom stereocenters. The minimum atomic E-state index is -0.350. The van der Waals surface area contributed by atoms with Gasteiger partial charge >= 0.3 is 5.97 Å². The third kappa shape index (κ3) is 4.28. The van der Waals surface area contributed by atoms with E-state index >= 15 is 0 Å². The highest BCUT2D eigenvalue weighted by Gasteiger charge is 2.27. The monoisotopic (exact) mass is 427 g/mol. The molecule has 0 saturated carbocycles. The Hall–Kier alpha value is -2.45. The number of nitrogens with zero attached hydrogens (tertiary/aromatic N) is 2. The van der Waals surface area contributed by atoms with Crippen molar-refractivity contribution < 1.29 is 14.3 Å². The number of benzene rings is 1. The quantitative estimate of drug-likeness (QED) is 0.355. The Balaban J connectivity index is 1.51. The second-order valence-electron chi connectivity index (χ2n) is 6.67. The number of aryl methyl sites for hydroxylation is 1. The van der Waals surface area contributed by atoms with Gasteiger partial charge in [0.05, 0.1) is 23.4 Å². The van der Waals surface area contributed by atoms with Crippen molar-refractivity contribution in [2.24, 2.45) is 0 Å². The minimum Gasteiger partial charge on any atom is -0.462 e. The van der Waals surface area contributed by atoms with Gasteiger partial charge in [0, 0.05) is 10.3 Å². The summed E-state index contributed by atoms with van der Waals surface area (Å²) in [4.78, 5) is 34.9. The average Bonchev–Trinajstić information content (AvgIpc) is 3.10. The zero-order valence-corrected chi connectivity index (χ0v) is 17.7. The second kappa shape index (κ2) is 8.92. The Morgan fingerprint density at radius 1 is 1.21 bits per heavy atom. The maximum absolute atomic E-state index is 12.6. The zero-order chi connectivity index (χ0) is 20.2. The normalized spacial score (nSPS) is 13.1. The molecule has 150 valence electrons. The van der Waals surface area contributed by atoms with E-state index in [4.69, 9.17) is 4.74 Å². The van der Waals surface area contributed by atoms with Gasteiger partial charge in [-0.05, 0) is 44.2 Å². The number of amides is 1. The number of carbonyl (C=O) groups excluding carboxylic acids is 2. The molecule has 1 aromatic carbocycles.